The van der Waals surface area contributed by atoms with Crippen molar-refractivity contribution >= 4 is 0 Å². The standard InChI is InChI=1S/C12H23N3/c1-12(2,13)6-9-15(3)8-5-11-4-7-14-10-11/h4,7,10,14H,5-6,8-9,13H2,1-3H3. The molecule has 1 aromatic rings. The molecule has 0 radical (unpaired) electrons. The highest BCUT2D eigenvalue weighted by molar-refractivity contribution is 5.08. The minimum Gasteiger partial charge on any atom is -0.367 e. The van der Waals surface area contributed by atoms with Gasteiger partial charge in [-0.05, 0) is 51.9 Å². The molecule has 3 N–H and O–H groups in total. The molecule has 0 spiro atoms. The van der Waals surface area contributed by atoms with Crippen LogP contribution in [0.25, 0.3) is 0 Å². The van der Waals surface area contributed by atoms with Crippen molar-refractivity contribution in [1.82, 2.24) is 9.88 Å². The molecule has 3 nitrogen and oxygen atoms in total. The van der Waals surface area contributed by atoms with E-state index in [4.69, 9.17) is 5.73 Å². The van der Waals surface area contributed by atoms with Crippen molar-refractivity contribution in [3.63, 3.8) is 0 Å². The maximum absolute atomic E-state index is 5.94. The molecule has 0 fully saturated rings. The summed E-state index contributed by atoms with van der Waals surface area (Å²) in [6.45, 7) is 6.31. The summed E-state index contributed by atoms with van der Waals surface area (Å²) in [4.78, 5) is 5.41. The number of H-pyrrole nitrogens is 1. The Labute approximate surface area is 92.7 Å². The summed E-state index contributed by atoms with van der Waals surface area (Å²) in [5.74, 6) is 0. The second-order valence-corrected chi connectivity index (χ2v) is 5.01. The van der Waals surface area contributed by atoms with E-state index in [2.05, 4.69) is 43.0 Å². The minimum atomic E-state index is -0.0532. The van der Waals surface area contributed by atoms with Crippen LogP contribution >= 0.6 is 0 Å². The summed E-state index contributed by atoms with van der Waals surface area (Å²) in [6.07, 6.45) is 6.17. The molecule has 0 saturated carbocycles. The molecule has 3 heteroatoms. The van der Waals surface area contributed by atoms with E-state index in [0.29, 0.717) is 0 Å². The Hall–Kier alpha value is -0.800. The molecule has 0 atom stereocenters. The zero-order valence-electron chi connectivity index (χ0n) is 10.1. The van der Waals surface area contributed by atoms with Crippen LogP contribution in [0.15, 0.2) is 18.5 Å². The summed E-state index contributed by atoms with van der Waals surface area (Å²) >= 11 is 0. The minimum absolute atomic E-state index is 0.0532. The molecule has 86 valence electrons. The molecular weight excluding hydrogens is 186 g/mol. The van der Waals surface area contributed by atoms with Crippen LogP contribution < -0.4 is 5.73 Å². The first-order valence-corrected chi connectivity index (χ1v) is 5.56. The Balaban J connectivity index is 2.16. The van der Waals surface area contributed by atoms with E-state index in [1.165, 1.54) is 5.56 Å². The highest BCUT2D eigenvalue weighted by atomic mass is 15.1. The third-order valence-electron chi connectivity index (χ3n) is 2.58. The van der Waals surface area contributed by atoms with Crippen LogP contribution in [0.4, 0.5) is 0 Å². The highest BCUT2D eigenvalue weighted by Crippen LogP contribution is 2.05. The first-order chi connectivity index (χ1) is 6.97. The number of nitrogens with one attached hydrogen (secondary N) is 1. The molecule has 0 amide bonds. The molecule has 15 heavy (non-hydrogen) atoms. The summed E-state index contributed by atoms with van der Waals surface area (Å²) in [6, 6.07) is 2.13. The van der Waals surface area contributed by atoms with E-state index in [9.17, 15) is 0 Å². The van der Waals surface area contributed by atoms with E-state index in [1.807, 2.05) is 6.20 Å². The van der Waals surface area contributed by atoms with Crippen LogP contribution in [-0.4, -0.2) is 35.6 Å². The van der Waals surface area contributed by atoms with Gasteiger partial charge >= 0.3 is 0 Å². The van der Waals surface area contributed by atoms with Crippen LogP contribution in [0.5, 0.6) is 0 Å². The van der Waals surface area contributed by atoms with E-state index < -0.39 is 0 Å². The number of hydrogen-bond acceptors (Lipinski definition) is 2. The molecule has 0 bridgehead atoms. The van der Waals surface area contributed by atoms with Gasteiger partial charge in [0.05, 0.1) is 0 Å². The first-order valence-electron chi connectivity index (χ1n) is 5.56. The summed E-state index contributed by atoms with van der Waals surface area (Å²) in [7, 11) is 2.15. The summed E-state index contributed by atoms with van der Waals surface area (Å²) in [5.41, 5.74) is 7.26. The van der Waals surface area contributed by atoms with Gasteiger partial charge in [-0.1, -0.05) is 0 Å². The smallest absolute Gasteiger partial charge is 0.0109 e. The quantitative estimate of drug-likeness (QED) is 0.747. The van der Waals surface area contributed by atoms with Crippen LogP contribution in [0.1, 0.15) is 25.8 Å². The van der Waals surface area contributed by atoms with Crippen molar-refractivity contribution in [2.24, 2.45) is 5.73 Å². The van der Waals surface area contributed by atoms with Crippen molar-refractivity contribution in [2.45, 2.75) is 32.2 Å². The molecule has 0 unspecified atom stereocenters. The molecule has 1 aromatic heterocycles. The lowest BCUT2D eigenvalue weighted by atomic mass is 10.0. The second-order valence-electron chi connectivity index (χ2n) is 5.01. The molecule has 0 aliphatic heterocycles. The number of rotatable bonds is 6. The molecule has 0 aromatic carbocycles. The van der Waals surface area contributed by atoms with Crippen molar-refractivity contribution < 1.29 is 0 Å². The van der Waals surface area contributed by atoms with Crippen LogP contribution in [0.3, 0.4) is 0 Å². The fourth-order valence-corrected chi connectivity index (χ4v) is 1.42. The summed E-state index contributed by atoms with van der Waals surface area (Å²) < 4.78 is 0. The van der Waals surface area contributed by atoms with E-state index in [-0.39, 0.29) is 5.54 Å². The number of likely N-dealkylation sites (N-methyl/N-ethyl adjacent to an activating group) is 1. The van der Waals surface area contributed by atoms with Gasteiger partial charge < -0.3 is 15.6 Å². The van der Waals surface area contributed by atoms with Gasteiger partial charge in [-0.3, -0.25) is 0 Å². The number of aromatic nitrogens is 1. The van der Waals surface area contributed by atoms with Gasteiger partial charge in [0, 0.05) is 24.5 Å². The van der Waals surface area contributed by atoms with Gasteiger partial charge in [0.1, 0.15) is 0 Å². The lowest BCUT2D eigenvalue weighted by Crippen LogP contribution is -2.36. The Morgan fingerprint density at radius 3 is 2.67 bits per heavy atom. The zero-order chi connectivity index (χ0) is 11.3. The van der Waals surface area contributed by atoms with Crippen molar-refractivity contribution in [3.05, 3.63) is 24.0 Å². The normalized spacial score (nSPS) is 12.3. The Kier molecular flexibility index (Phi) is 4.36. The first kappa shape index (κ1) is 12.3. The van der Waals surface area contributed by atoms with E-state index in [1.54, 1.807) is 0 Å². The van der Waals surface area contributed by atoms with Gasteiger partial charge in [-0.15, -0.1) is 0 Å². The topological polar surface area (TPSA) is 45.0 Å². The average molecular weight is 209 g/mol. The Bertz CT molecular complexity index is 259. The van der Waals surface area contributed by atoms with Gasteiger partial charge in [-0.25, -0.2) is 0 Å². The third kappa shape index (κ3) is 5.60. The fraction of sp³-hybridized carbons (Fsp3) is 0.667. The lowest BCUT2D eigenvalue weighted by Gasteiger charge is -2.23. The van der Waals surface area contributed by atoms with E-state index >= 15 is 0 Å². The van der Waals surface area contributed by atoms with Crippen LogP contribution in [0, 0.1) is 0 Å². The Morgan fingerprint density at radius 1 is 1.40 bits per heavy atom. The molecule has 1 rings (SSSR count). The maximum Gasteiger partial charge on any atom is 0.0109 e. The number of nitrogens with two attached hydrogens (primary N) is 1. The Morgan fingerprint density at radius 2 is 2.13 bits per heavy atom. The lowest BCUT2D eigenvalue weighted by molar-refractivity contribution is 0.298. The maximum atomic E-state index is 5.94. The van der Waals surface area contributed by atoms with Crippen molar-refractivity contribution in [1.29, 1.82) is 0 Å². The zero-order valence-corrected chi connectivity index (χ0v) is 10.1. The van der Waals surface area contributed by atoms with Crippen LogP contribution in [0.2, 0.25) is 0 Å². The number of hydrogen-bond donors (Lipinski definition) is 2. The van der Waals surface area contributed by atoms with Gasteiger partial charge in [-0.2, -0.15) is 0 Å². The summed E-state index contributed by atoms with van der Waals surface area (Å²) in [5, 5.41) is 0. The monoisotopic (exact) mass is 209 g/mol. The third-order valence-corrected chi connectivity index (χ3v) is 2.58. The molecular formula is C12H23N3. The molecule has 1 heterocycles. The van der Waals surface area contributed by atoms with Crippen molar-refractivity contribution in [2.75, 3.05) is 20.1 Å². The van der Waals surface area contributed by atoms with Gasteiger partial charge in [0.25, 0.3) is 0 Å². The average Bonchev–Trinajstić information content (AvgIpc) is 2.62. The highest BCUT2D eigenvalue weighted by Gasteiger charge is 2.11. The van der Waals surface area contributed by atoms with Gasteiger partial charge in [0.15, 0.2) is 0 Å². The van der Waals surface area contributed by atoms with Crippen LogP contribution in [-0.2, 0) is 6.42 Å². The molecule has 0 aliphatic carbocycles. The predicted molar refractivity (Wildman–Crippen MR) is 64.9 cm³/mol. The fourth-order valence-electron chi connectivity index (χ4n) is 1.42. The van der Waals surface area contributed by atoms with E-state index in [0.717, 1.165) is 25.9 Å². The second kappa shape index (κ2) is 5.33. The largest absolute Gasteiger partial charge is 0.367 e. The molecule has 0 saturated heterocycles. The number of nitrogens with zero attached hydrogens (tertiary/aromatic N) is 1. The predicted octanol–water partition coefficient (Wildman–Crippen LogP) is 1.62. The number of aromatic amines is 1. The SMILES string of the molecule is CN(CCc1cc[nH]c1)CCC(C)(C)N. The van der Waals surface area contributed by atoms with Gasteiger partial charge in [0.2, 0.25) is 0 Å². The van der Waals surface area contributed by atoms with Crippen molar-refractivity contribution in [3.8, 4) is 0 Å². The molecule has 0 aliphatic rings.